The van der Waals surface area contributed by atoms with Crippen molar-refractivity contribution in [2.45, 2.75) is 5.63 Å². The second-order valence-corrected chi connectivity index (χ2v) is 0.813. The highest BCUT2D eigenvalue weighted by Crippen LogP contribution is 1.89. The lowest BCUT2D eigenvalue weighted by Gasteiger charge is -1.68. The van der Waals surface area contributed by atoms with Crippen molar-refractivity contribution < 1.29 is 4.39 Å². The molecule has 0 aliphatic heterocycles. The Balaban J connectivity index is 2.94. The second-order valence-electron chi connectivity index (χ2n) is 0.430. The molecular weight excluding hydrogens is 92.5 g/mol. The highest BCUT2D eigenvalue weighted by atomic mass is 35.5. The number of halogens is 2. The summed E-state index contributed by atoms with van der Waals surface area (Å²) in [7, 11) is 0. The molecule has 28 valence electrons. The molecule has 0 aliphatic rings. The van der Waals surface area contributed by atoms with Gasteiger partial charge < -0.3 is 0 Å². The van der Waals surface area contributed by atoms with Crippen molar-refractivity contribution in [1.29, 1.82) is 5.26 Å². The van der Waals surface area contributed by atoms with E-state index in [0.29, 0.717) is 0 Å². The van der Waals surface area contributed by atoms with Crippen LogP contribution in [0.5, 0.6) is 0 Å². The highest BCUT2D eigenvalue weighted by Gasteiger charge is 1.88. The van der Waals surface area contributed by atoms with Crippen LogP contribution in [0.25, 0.3) is 0 Å². The molecule has 0 spiro atoms. The van der Waals surface area contributed by atoms with E-state index in [2.05, 4.69) is 11.6 Å². The average Bonchev–Trinajstić information content (AvgIpc) is 1.38. The monoisotopic (exact) mass is 93.0 g/mol. The Hall–Kier alpha value is -0.290. The van der Waals surface area contributed by atoms with Gasteiger partial charge in [-0.15, -0.1) is 0 Å². The Labute approximate surface area is 34.0 Å². The van der Waals surface area contributed by atoms with E-state index in [-0.39, 0.29) is 0 Å². The SMILES string of the molecule is N#CC(F)Cl. The molecule has 1 unspecified atom stereocenters. The topological polar surface area (TPSA) is 23.8 Å². The van der Waals surface area contributed by atoms with Gasteiger partial charge in [0.05, 0.1) is 0 Å². The van der Waals surface area contributed by atoms with Crippen molar-refractivity contribution in [2.75, 3.05) is 0 Å². The molecule has 0 bridgehead atoms. The highest BCUT2D eigenvalue weighted by molar-refractivity contribution is 6.21. The summed E-state index contributed by atoms with van der Waals surface area (Å²) in [5.74, 6) is 0. The minimum absolute atomic E-state index is 1.13. The van der Waals surface area contributed by atoms with Gasteiger partial charge in [0.2, 0.25) is 0 Å². The fourth-order valence-electron chi connectivity index (χ4n) is 0. The van der Waals surface area contributed by atoms with Crippen LogP contribution in [0.3, 0.4) is 0 Å². The third-order valence-electron chi connectivity index (χ3n) is 0.0976. The summed E-state index contributed by atoms with van der Waals surface area (Å²) in [6.45, 7) is 0. The molecule has 0 aromatic rings. The Morgan fingerprint density at radius 1 is 2.00 bits per heavy atom. The number of rotatable bonds is 0. The molecule has 0 radical (unpaired) electrons. The van der Waals surface area contributed by atoms with Gasteiger partial charge in [0.25, 0.3) is 5.63 Å². The Bertz CT molecular complexity index is 55.2. The van der Waals surface area contributed by atoms with E-state index in [1.54, 1.807) is 0 Å². The standard InChI is InChI=1S/C2HClFN/c3-2(4)1-5/h2H. The van der Waals surface area contributed by atoms with Gasteiger partial charge in [-0.2, -0.15) is 5.26 Å². The molecule has 1 nitrogen and oxygen atoms in total. The van der Waals surface area contributed by atoms with Crippen LogP contribution in [0.4, 0.5) is 4.39 Å². The first-order valence-electron chi connectivity index (χ1n) is 0.949. The van der Waals surface area contributed by atoms with Crippen LogP contribution in [-0.2, 0) is 0 Å². The van der Waals surface area contributed by atoms with Gasteiger partial charge >= 0.3 is 0 Å². The Morgan fingerprint density at radius 3 is 2.20 bits per heavy atom. The number of nitriles is 1. The fraction of sp³-hybridized carbons (Fsp3) is 0.500. The second kappa shape index (κ2) is 1.98. The van der Waals surface area contributed by atoms with Gasteiger partial charge in [0.15, 0.2) is 0 Å². The zero-order valence-electron chi connectivity index (χ0n) is 2.28. The van der Waals surface area contributed by atoms with E-state index >= 15 is 0 Å². The maximum Gasteiger partial charge on any atom is 0.259 e. The third-order valence-corrected chi connectivity index (χ3v) is 0.195. The zero-order chi connectivity index (χ0) is 4.28. The van der Waals surface area contributed by atoms with E-state index in [4.69, 9.17) is 5.26 Å². The van der Waals surface area contributed by atoms with Crippen molar-refractivity contribution in [3.63, 3.8) is 0 Å². The summed E-state index contributed by atoms with van der Waals surface area (Å²) in [6.07, 6.45) is 0. The van der Waals surface area contributed by atoms with E-state index in [1.807, 2.05) is 0 Å². The maximum absolute atomic E-state index is 10.8. The Morgan fingerprint density at radius 2 is 2.20 bits per heavy atom. The molecular formula is C2HClFN. The third kappa shape index (κ3) is 3.71. The van der Waals surface area contributed by atoms with E-state index in [9.17, 15) is 4.39 Å². The van der Waals surface area contributed by atoms with Gasteiger partial charge in [0.1, 0.15) is 6.07 Å². The summed E-state index contributed by atoms with van der Waals surface area (Å²) in [5, 5.41) is 7.39. The number of alkyl halides is 2. The molecule has 0 aromatic carbocycles. The van der Waals surface area contributed by atoms with Crippen molar-refractivity contribution >= 4 is 11.6 Å². The van der Waals surface area contributed by atoms with Gasteiger partial charge in [-0.3, -0.25) is 0 Å². The number of hydrogen-bond donors (Lipinski definition) is 0. The van der Waals surface area contributed by atoms with Crippen molar-refractivity contribution in [2.24, 2.45) is 0 Å². The molecule has 3 heteroatoms. The number of hydrogen-bond acceptors (Lipinski definition) is 1. The minimum Gasteiger partial charge on any atom is -0.213 e. The molecule has 1 atom stereocenters. The molecule has 0 heterocycles. The summed E-state index contributed by atoms with van der Waals surface area (Å²) in [6, 6.07) is 1.13. The van der Waals surface area contributed by atoms with E-state index in [1.165, 1.54) is 0 Å². The average molecular weight is 93.5 g/mol. The van der Waals surface area contributed by atoms with Crippen LogP contribution in [0, 0.1) is 11.3 Å². The predicted octanol–water partition coefficient (Wildman–Crippen LogP) is 1.04. The quantitative estimate of drug-likeness (QED) is 0.411. The lowest BCUT2D eigenvalue weighted by Crippen LogP contribution is -1.73. The first kappa shape index (κ1) is 4.71. The van der Waals surface area contributed by atoms with Gasteiger partial charge in [0, 0.05) is 0 Å². The molecule has 0 rings (SSSR count). The summed E-state index contributed by atoms with van der Waals surface area (Å²) in [5.41, 5.74) is -1.84. The van der Waals surface area contributed by atoms with E-state index in [0.717, 1.165) is 6.07 Å². The number of nitrogens with zero attached hydrogens (tertiary/aromatic N) is 1. The van der Waals surface area contributed by atoms with Crippen molar-refractivity contribution in [1.82, 2.24) is 0 Å². The van der Waals surface area contributed by atoms with Crippen LogP contribution in [-0.4, -0.2) is 5.63 Å². The summed E-state index contributed by atoms with van der Waals surface area (Å²) >= 11 is 4.43. The first-order valence-corrected chi connectivity index (χ1v) is 1.39. The predicted molar refractivity (Wildman–Crippen MR) is 16.4 cm³/mol. The molecule has 0 aromatic heterocycles. The zero-order valence-corrected chi connectivity index (χ0v) is 3.04. The maximum atomic E-state index is 10.8. The van der Waals surface area contributed by atoms with Gasteiger partial charge in [-0.1, -0.05) is 11.6 Å². The first-order chi connectivity index (χ1) is 2.27. The van der Waals surface area contributed by atoms with Crippen LogP contribution in [0.2, 0.25) is 0 Å². The molecule has 0 saturated carbocycles. The molecule has 0 aliphatic carbocycles. The van der Waals surface area contributed by atoms with Crippen LogP contribution >= 0.6 is 11.6 Å². The van der Waals surface area contributed by atoms with Crippen molar-refractivity contribution in [3.05, 3.63) is 0 Å². The molecule has 5 heavy (non-hydrogen) atoms. The normalized spacial score (nSPS) is 13.0. The molecule has 0 amide bonds. The van der Waals surface area contributed by atoms with Crippen molar-refractivity contribution in [3.8, 4) is 6.07 Å². The lowest BCUT2D eigenvalue weighted by molar-refractivity contribution is 0.520. The van der Waals surface area contributed by atoms with Gasteiger partial charge in [-0.25, -0.2) is 4.39 Å². The lowest BCUT2D eigenvalue weighted by atomic mass is 10.9. The minimum atomic E-state index is -1.84. The Kier molecular flexibility index (Phi) is 1.86. The summed E-state index contributed by atoms with van der Waals surface area (Å²) < 4.78 is 10.8. The fourth-order valence-corrected chi connectivity index (χ4v) is 0. The van der Waals surface area contributed by atoms with Crippen LogP contribution < -0.4 is 0 Å². The largest absolute Gasteiger partial charge is 0.259 e. The molecule has 0 fully saturated rings. The molecule has 0 N–H and O–H groups in total. The summed E-state index contributed by atoms with van der Waals surface area (Å²) in [4.78, 5) is 0. The smallest absolute Gasteiger partial charge is 0.213 e. The van der Waals surface area contributed by atoms with Crippen LogP contribution in [0.1, 0.15) is 0 Å². The molecule has 0 saturated heterocycles. The van der Waals surface area contributed by atoms with Crippen LogP contribution in [0.15, 0.2) is 0 Å². The van der Waals surface area contributed by atoms with E-state index < -0.39 is 5.63 Å². The van der Waals surface area contributed by atoms with Gasteiger partial charge in [-0.05, 0) is 0 Å².